The highest BCUT2D eigenvalue weighted by Gasteiger charge is 2.49. The van der Waals surface area contributed by atoms with E-state index in [0.29, 0.717) is 0 Å². The van der Waals surface area contributed by atoms with Gasteiger partial charge in [-0.25, -0.2) is 0 Å². The van der Waals surface area contributed by atoms with Gasteiger partial charge in [0.1, 0.15) is 0 Å². The van der Waals surface area contributed by atoms with E-state index in [0.717, 1.165) is 6.42 Å². The van der Waals surface area contributed by atoms with Crippen LogP contribution in [-0.2, 0) is 22.7 Å². The molecule has 0 radical (unpaired) electrons. The molecule has 0 amide bonds. The van der Waals surface area contributed by atoms with Gasteiger partial charge in [0.15, 0.2) is 0 Å². The number of hydrogen-bond acceptors (Lipinski definition) is 0. The third-order valence-electron chi connectivity index (χ3n) is 10.2. The Bertz CT molecular complexity index is 1720. The quantitative estimate of drug-likeness (QED) is 0.186. The number of rotatable bonds is 4. The van der Waals surface area contributed by atoms with Crippen molar-refractivity contribution in [1.29, 1.82) is 0 Å². The molecule has 0 spiro atoms. The molecule has 0 saturated heterocycles. The number of allylic oxidation sites excluding steroid dienone is 4. The molecule has 0 heteroatoms. The van der Waals surface area contributed by atoms with Gasteiger partial charge in [0.05, 0.1) is 5.41 Å². The van der Waals surface area contributed by atoms with E-state index in [1.165, 1.54) is 61.2 Å². The summed E-state index contributed by atoms with van der Waals surface area (Å²) in [5, 5.41) is 0. The summed E-state index contributed by atoms with van der Waals surface area (Å²) < 4.78 is 0. The maximum Gasteiger partial charge on any atom is 0.0557 e. The average Bonchev–Trinajstić information content (AvgIpc) is 3.54. The molecule has 4 aromatic rings. The van der Waals surface area contributed by atoms with Crippen LogP contribution < -0.4 is 0 Å². The van der Waals surface area contributed by atoms with E-state index in [9.17, 15) is 0 Å². The number of hydrogen-bond donors (Lipinski definition) is 0. The molecule has 1 unspecified atom stereocenters. The van der Waals surface area contributed by atoms with Gasteiger partial charge < -0.3 is 0 Å². The van der Waals surface area contributed by atoms with Crippen LogP contribution in [0.15, 0.2) is 114 Å². The van der Waals surface area contributed by atoms with Crippen molar-refractivity contribution >= 4 is 0 Å². The van der Waals surface area contributed by atoms with Crippen LogP contribution >= 0.6 is 0 Å². The minimum absolute atomic E-state index is 0.0443. The highest BCUT2D eigenvalue weighted by Crippen LogP contribution is 2.57. The van der Waals surface area contributed by atoms with Gasteiger partial charge in [0.2, 0.25) is 0 Å². The molecule has 0 heterocycles. The maximum absolute atomic E-state index is 2.61. The van der Waals surface area contributed by atoms with Crippen molar-refractivity contribution in [2.75, 3.05) is 0 Å². The van der Waals surface area contributed by atoms with E-state index in [1.54, 1.807) is 0 Å². The van der Waals surface area contributed by atoms with Crippen LogP contribution in [0, 0.1) is 11.3 Å². The fraction of sp³-hybridized carbons (Fsp3) is 0.364. The van der Waals surface area contributed by atoms with E-state index in [4.69, 9.17) is 0 Å². The van der Waals surface area contributed by atoms with Crippen LogP contribution in [0.2, 0.25) is 0 Å². The van der Waals surface area contributed by atoms with E-state index in [2.05, 4.69) is 172 Å². The van der Waals surface area contributed by atoms with Crippen molar-refractivity contribution in [3.05, 3.63) is 153 Å². The van der Waals surface area contributed by atoms with Crippen LogP contribution in [0.3, 0.4) is 0 Å². The summed E-state index contributed by atoms with van der Waals surface area (Å²) in [6, 6.07) is 34.9. The molecule has 0 fully saturated rings. The Morgan fingerprint density at radius 3 is 1.64 bits per heavy atom. The highest BCUT2D eigenvalue weighted by atomic mass is 14.5. The molecule has 0 aliphatic heterocycles. The van der Waals surface area contributed by atoms with Crippen molar-refractivity contribution in [2.24, 2.45) is 11.3 Å². The fourth-order valence-corrected chi connectivity index (χ4v) is 7.82. The zero-order chi connectivity index (χ0) is 31.7. The molecule has 1 atom stereocenters. The summed E-state index contributed by atoms with van der Waals surface area (Å²) in [6.07, 6.45) is 6.05. The molecule has 226 valence electrons. The first-order chi connectivity index (χ1) is 20.6. The largest absolute Gasteiger partial charge is 0.0720 e. The van der Waals surface area contributed by atoms with Gasteiger partial charge in [-0.15, -0.1) is 0 Å². The Morgan fingerprint density at radius 1 is 0.568 bits per heavy atom. The average molecular weight is 579 g/mol. The minimum Gasteiger partial charge on any atom is -0.0720 e. The van der Waals surface area contributed by atoms with Gasteiger partial charge in [0, 0.05) is 5.92 Å². The van der Waals surface area contributed by atoms with E-state index >= 15 is 0 Å². The Labute approximate surface area is 267 Å². The predicted octanol–water partition coefficient (Wildman–Crippen LogP) is 11.7. The van der Waals surface area contributed by atoms with Gasteiger partial charge in [-0.3, -0.25) is 0 Å². The lowest BCUT2D eigenvalue weighted by Crippen LogP contribution is -2.40. The first-order valence-electron chi connectivity index (χ1n) is 16.5. The Hall–Kier alpha value is -3.64. The lowest BCUT2D eigenvalue weighted by molar-refractivity contribution is 0.473. The third-order valence-corrected chi connectivity index (χ3v) is 10.2. The van der Waals surface area contributed by atoms with Gasteiger partial charge in [-0.2, -0.15) is 0 Å². The van der Waals surface area contributed by atoms with Crippen LogP contribution in [0.1, 0.15) is 108 Å². The fourth-order valence-electron chi connectivity index (χ4n) is 7.82. The third kappa shape index (κ3) is 4.92. The standard InChI is InChI=1S/C44H50/c1-29-25-34(42(5,6)7)28-39(29)44(31-17-13-11-14-18-31,32-19-15-12-16-20-32)40-37-27-30-26-33(41(2,3)4)21-22-35(30)36(37)23-24-38(40)43(8,9)10/h11-26,28,39H,27H2,1-10H3. The summed E-state index contributed by atoms with van der Waals surface area (Å²) in [5.41, 5.74) is 15.4. The molecule has 0 aromatic heterocycles. The lowest BCUT2D eigenvalue weighted by atomic mass is 9.56. The Balaban J connectivity index is 1.77. The molecular weight excluding hydrogens is 528 g/mol. The molecule has 0 nitrogen and oxygen atoms in total. The second-order valence-corrected chi connectivity index (χ2v) is 16.3. The Morgan fingerprint density at radius 2 is 1.14 bits per heavy atom. The molecule has 0 N–H and O–H groups in total. The first-order valence-corrected chi connectivity index (χ1v) is 16.5. The van der Waals surface area contributed by atoms with Crippen molar-refractivity contribution in [1.82, 2.24) is 0 Å². The molecule has 44 heavy (non-hydrogen) atoms. The molecular formula is C44H50. The molecule has 2 aliphatic carbocycles. The molecule has 4 aromatic carbocycles. The van der Waals surface area contributed by atoms with Gasteiger partial charge in [0.25, 0.3) is 0 Å². The topological polar surface area (TPSA) is 0 Å². The van der Waals surface area contributed by atoms with Crippen LogP contribution in [0.25, 0.3) is 11.1 Å². The maximum atomic E-state index is 2.61. The normalized spacial score (nSPS) is 16.8. The van der Waals surface area contributed by atoms with Crippen LogP contribution in [0.5, 0.6) is 0 Å². The second-order valence-electron chi connectivity index (χ2n) is 16.3. The van der Waals surface area contributed by atoms with Crippen molar-refractivity contribution < 1.29 is 0 Å². The second kappa shape index (κ2) is 10.5. The zero-order valence-electron chi connectivity index (χ0n) is 28.6. The highest BCUT2D eigenvalue weighted by molar-refractivity contribution is 5.81. The van der Waals surface area contributed by atoms with Gasteiger partial charge >= 0.3 is 0 Å². The lowest BCUT2D eigenvalue weighted by Gasteiger charge is -2.45. The van der Waals surface area contributed by atoms with Gasteiger partial charge in [-0.05, 0) is 85.2 Å². The predicted molar refractivity (Wildman–Crippen MR) is 190 cm³/mol. The Kier molecular flexibility index (Phi) is 7.23. The monoisotopic (exact) mass is 578 g/mol. The summed E-state index contributed by atoms with van der Waals surface area (Å²) in [4.78, 5) is 0. The summed E-state index contributed by atoms with van der Waals surface area (Å²) in [7, 11) is 0. The van der Waals surface area contributed by atoms with E-state index in [1.807, 2.05) is 0 Å². The van der Waals surface area contributed by atoms with E-state index < -0.39 is 5.41 Å². The van der Waals surface area contributed by atoms with E-state index in [-0.39, 0.29) is 22.2 Å². The smallest absolute Gasteiger partial charge is 0.0557 e. The van der Waals surface area contributed by atoms with Gasteiger partial charge in [-0.1, -0.05) is 171 Å². The van der Waals surface area contributed by atoms with Crippen molar-refractivity contribution in [3.8, 4) is 11.1 Å². The summed E-state index contributed by atoms with van der Waals surface area (Å²) in [5.74, 6) is 0.183. The van der Waals surface area contributed by atoms with Crippen molar-refractivity contribution in [3.63, 3.8) is 0 Å². The summed E-state index contributed by atoms with van der Waals surface area (Å²) in [6.45, 7) is 23.6. The molecule has 0 bridgehead atoms. The van der Waals surface area contributed by atoms with Crippen LogP contribution in [-0.4, -0.2) is 0 Å². The minimum atomic E-state index is -0.404. The SMILES string of the molecule is CC1=CC(C(C)(C)C)=CC1C(c1ccccc1)(c1ccccc1)c1c(C(C)(C)C)ccc2c1Cc1cc(C(C)(C)C)ccc1-2. The van der Waals surface area contributed by atoms with Crippen LogP contribution in [0.4, 0.5) is 0 Å². The molecule has 0 saturated carbocycles. The number of benzene rings is 4. The number of fused-ring (bicyclic) bond motifs is 3. The summed E-state index contributed by atoms with van der Waals surface area (Å²) >= 11 is 0. The van der Waals surface area contributed by atoms with Crippen molar-refractivity contribution in [2.45, 2.75) is 91.9 Å². The molecule has 2 aliphatic rings. The first kappa shape index (κ1) is 30.4. The molecule has 6 rings (SSSR count). The zero-order valence-corrected chi connectivity index (χ0v) is 28.6.